The summed E-state index contributed by atoms with van der Waals surface area (Å²) in [6.45, 7) is -0.827. The molecule has 0 spiro atoms. The van der Waals surface area contributed by atoms with Gasteiger partial charge < -0.3 is 14.8 Å². The molecule has 1 aliphatic rings. The highest BCUT2D eigenvalue weighted by Gasteiger charge is 2.28. The van der Waals surface area contributed by atoms with Crippen molar-refractivity contribution in [1.82, 2.24) is 9.97 Å². The Labute approximate surface area is 147 Å². The summed E-state index contributed by atoms with van der Waals surface area (Å²) in [5, 5.41) is 2.96. The number of anilines is 2. The fourth-order valence-electron chi connectivity index (χ4n) is 2.06. The first kappa shape index (κ1) is 17.7. The molecule has 1 aromatic heterocycles. The predicted octanol–water partition coefficient (Wildman–Crippen LogP) is 3.60. The molecule has 2 heterocycles. The van der Waals surface area contributed by atoms with E-state index in [0.717, 1.165) is 11.3 Å². The molecule has 9 heteroatoms. The van der Waals surface area contributed by atoms with E-state index in [0.29, 0.717) is 6.61 Å². The number of halogens is 3. The fraction of sp³-hybridized carbons (Fsp3) is 0.235. The molecule has 1 unspecified atom stereocenters. The third kappa shape index (κ3) is 5.47. The first-order valence-electron chi connectivity index (χ1n) is 7.68. The normalized spacial score (nSPS) is 16.7. The lowest BCUT2D eigenvalue weighted by molar-refractivity contribution is -0.153. The van der Waals surface area contributed by atoms with Crippen molar-refractivity contribution in [3.05, 3.63) is 48.3 Å². The largest absolute Gasteiger partial charge is 0.481 e. The molecule has 3 rings (SSSR count). The van der Waals surface area contributed by atoms with Crippen LogP contribution in [0.3, 0.4) is 0 Å². The van der Waals surface area contributed by atoms with Crippen molar-refractivity contribution >= 4 is 24.1 Å². The van der Waals surface area contributed by atoms with Crippen molar-refractivity contribution in [3.8, 4) is 5.75 Å². The van der Waals surface area contributed by atoms with Crippen molar-refractivity contribution in [2.75, 3.05) is 18.5 Å². The molecule has 0 amide bonds. The van der Waals surface area contributed by atoms with Gasteiger partial charge in [0.25, 0.3) is 0 Å². The zero-order valence-corrected chi connectivity index (χ0v) is 13.5. The average molecular weight is 364 g/mol. The Hall–Kier alpha value is -3.10. The van der Waals surface area contributed by atoms with Gasteiger partial charge in [-0.05, 0) is 17.7 Å². The Morgan fingerprint density at radius 1 is 1.19 bits per heavy atom. The van der Waals surface area contributed by atoms with Gasteiger partial charge in [-0.25, -0.2) is 15.0 Å². The molecule has 26 heavy (non-hydrogen) atoms. The van der Waals surface area contributed by atoms with Gasteiger partial charge in [0.2, 0.25) is 5.95 Å². The summed E-state index contributed by atoms with van der Waals surface area (Å²) >= 11 is 0. The minimum Gasteiger partial charge on any atom is -0.481 e. The molecule has 1 aliphatic heterocycles. The Balaban J connectivity index is 1.54. The second-order valence-corrected chi connectivity index (χ2v) is 5.41. The molecule has 1 aromatic carbocycles. The predicted molar refractivity (Wildman–Crippen MR) is 90.6 cm³/mol. The number of alkyl halides is 3. The van der Waals surface area contributed by atoms with Gasteiger partial charge in [-0.15, -0.1) is 0 Å². The minimum absolute atomic E-state index is 0.0410. The first-order valence-corrected chi connectivity index (χ1v) is 7.68. The van der Waals surface area contributed by atoms with Crippen LogP contribution >= 0.6 is 0 Å². The number of rotatable bonds is 6. The highest BCUT2D eigenvalue weighted by molar-refractivity contribution is 5.59. The summed E-state index contributed by atoms with van der Waals surface area (Å²) < 4.78 is 45.9. The number of nitrogens with zero attached hydrogens (tertiary/aromatic N) is 3. The standard InChI is InChI=1S/C17H15F3N4O2/c18-17(19,20)10-26-15-7-21-16(22-8-15)24-13-4-1-12(2-5-13)3-6-14-9-25-11-23-14/h1-8,11,14H,9-10H2,(H,21,22,24). The van der Waals surface area contributed by atoms with E-state index in [4.69, 9.17) is 4.74 Å². The van der Waals surface area contributed by atoms with E-state index >= 15 is 0 Å². The second-order valence-electron chi connectivity index (χ2n) is 5.41. The van der Waals surface area contributed by atoms with Gasteiger partial charge in [-0.2, -0.15) is 13.2 Å². The lowest BCUT2D eigenvalue weighted by Gasteiger charge is -2.09. The van der Waals surface area contributed by atoms with E-state index in [2.05, 4.69) is 25.0 Å². The molecule has 0 fully saturated rings. The first-order chi connectivity index (χ1) is 12.5. The van der Waals surface area contributed by atoms with Gasteiger partial charge in [0.05, 0.1) is 12.4 Å². The van der Waals surface area contributed by atoms with E-state index in [-0.39, 0.29) is 17.7 Å². The lowest BCUT2D eigenvalue weighted by atomic mass is 10.1. The van der Waals surface area contributed by atoms with Gasteiger partial charge in [0, 0.05) is 5.69 Å². The van der Waals surface area contributed by atoms with Crippen LogP contribution in [0.2, 0.25) is 0 Å². The van der Waals surface area contributed by atoms with Gasteiger partial charge in [-0.1, -0.05) is 24.3 Å². The SMILES string of the molecule is FC(F)(F)COc1cnc(Nc2ccc(C=CC3COC=N3)cc2)nc1. The second kappa shape index (κ2) is 7.85. The fourth-order valence-corrected chi connectivity index (χ4v) is 2.06. The number of aliphatic imine (C=N–C) groups is 1. The van der Waals surface area contributed by atoms with Crippen molar-refractivity contribution in [3.63, 3.8) is 0 Å². The van der Waals surface area contributed by atoms with Crippen LogP contribution in [0.4, 0.5) is 24.8 Å². The number of ether oxygens (including phenoxy) is 2. The molecule has 0 aliphatic carbocycles. The molecule has 0 radical (unpaired) electrons. The zero-order chi connectivity index (χ0) is 18.4. The number of aromatic nitrogens is 2. The van der Waals surface area contributed by atoms with Gasteiger partial charge in [-0.3, -0.25) is 0 Å². The van der Waals surface area contributed by atoms with Crippen molar-refractivity contribution in [2.24, 2.45) is 4.99 Å². The minimum atomic E-state index is -4.40. The Morgan fingerprint density at radius 2 is 1.92 bits per heavy atom. The maximum absolute atomic E-state index is 12.1. The smallest absolute Gasteiger partial charge is 0.422 e. The molecule has 2 aromatic rings. The van der Waals surface area contributed by atoms with Crippen LogP contribution < -0.4 is 10.1 Å². The molecule has 136 valence electrons. The Morgan fingerprint density at radius 3 is 2.54 bits per heavy atom. The van der Waals surface area contributed by atoms with Crippen LogP contribution in [0, 0.1) is 0 Å². The molecule has 0 bridgehead atoms. The summed E-state index contributed by atoms with van der Waals surface area (Å²) in [4.78, 5) is 12.0. The third-order valence-electron chi connectivity index (χ3n) is 3.30. The van der Waals surface area contributed by atoms with Crippen molar-refractivity contribution in [1.29, 1.82) is 0 Å². The molecule has 1 atom stereocenters. The van der Waals surface area contributed by atoms with Crippen LogP contribution in [0.15, 0.2) is 47.7 Å². The average Bonchev–Trinajstić information content (AvgIpc) is 3.13. The lowest BCUT2D eigenvalue weighted by Crippen LogP contribution is -2.19. The highest BCUT2D eigenvalue weighted by Crippen LogP contribution is 2.19. The molecular formula is C17H15F3N4O2. The number of hydrogen-bond donors (Lipinski definition) is 1. The number of nitrogens with one attached hydrogen (secondary N) is 1. The van der Waals surface area contributed by atoms with Gasteiger partial charge in [0.15, 0.2) is 18.8 Å². The number of hydrogen-bond acceptors (Lipinski definition) is 6. The zero-order valence-electron chi connectivity index (χ0n) is 13.5. The van der Waals surface area contributed by atoms with Crippen LogP contribution in [0.5, 0.6) is 5.75 Å². The van der Waals surface area contributed by atoms with Crippen molar-refractivity contribution < 1.29 is 22.6 Å². The molecule has 0 saturated carbocycles. The third-order valence-corrected chi connectivity index (χ3v) is 3.30. The molecule has 1 N–H and O–H groups in total. The van der Waals surface area contributed by atoms with E-state index < -0.39 is 12.8 Å². The summed E-state index contributed by atoms with van der Waals surface area (Å²) in [5.74, 6) is 0.206. The van der Waals surface area contributed by atoms with E-state index in [1.807, 2.05) is 36.4 Å². The quantitative estimate of drug-likeness (QED) is 0.848. The summed E-state index contributed by atoms with van der Waals surface area (Å²) in [7, 11) is 0. The topological polar surface area (TPSA) is 68.6 Å². The van der Waals surface area contributed by atoms with Crippen LogP contribution in [0.25, 0.3) is 6.08 Å². The van der Waals surface area contributed by atoms with Crippen LogP contribution in [-0.2, 0) is 4.74 Å². The van der Waals surface area contributed by atoms with Crippen LogP contribution in [0.1, 0.15) is 5.56 Å². The molecule has 0 saturated heterocycles. The van der Waals surface area contributed by atoms with Gasteiger partial charge in [0.1, 0.15) is 12.6 Å². The Kier molecular flexibility index (Phi) is 5.35. The Bertz CT molecular complexity index is 774. The monoisotopic (exact) mass is 364 g/mol. The van der Waals surface area contributed by atoms with Crippen LogP contribution in [-0.4, -0.2) is 41.8 Å². The summed E-state index contributed by atoms with van der Waals surface area (Å²) in [6.07, 6.45) is 3.31. The summed E-state index contributed by atoms with van der Waals surface area (Å²) in [6, 6.07) is 7.52. The maximum Gasteiger partial charge on any atom is 0.422 e. The van der Waals surface area contributed by atoms with Crippen molar-refractivity contribution in [2.45, 2.75) is 12.2 Å². The molecule has 6 nitrogen and oxygen atoms in total. The summed E-state index contributed by atoms with van der Waals surface area (Å²) in [5.41, 5.74) is 1.74. The maximum atomic E-state index is 12.1. The van der Waals surface area contributed by atoms with E-state index in [9.17, 15) is 13.2 Å². The highest BCUT2D eigenvalue weighted by atomic mass is 19.4. The van der Waals surface area contributed by atoms with E-state index in [1.165, 1.54) is 18.8 Å². The van der Waals surface area contributed by atoms with E-state index in [1.54, 1.807) is 0 Å². The number of benzene rings is 1. The van der Waals surface area contributed by atoms with Gasteiger partial charge >= 0.3 is 6.18 Å². The molecular weight excluding hydrogens is 349 g/mol.